The molecule has 1 aromatic heterocycles. The van der Waals surface area contributed by atoms with E-state index >= 15 is 0 Å². The maximum absolute atomic E-state index is 12.7. The van der Waals surface area contributed by atoms with Crippen LogP contribution in [0.25, 0.3) is 0 Å². The second-order valence-electron chi connectivity index (χ2n) is 5.62. The molecule has 1 aliphatic heterocycles. The second-order valence-corrected chi connectivity index (χ2v) is 8.08. The number of hydrogen-bond donors (Lipinski definition) is 1. The molecule has 0 unspecified atom stereocenters. The Bertz CT molecular complexity index is 773. The average Bonchev–Trinajstić information content (AvgIpc) is 3.09. The number of esters is 1. The van der Waals surface area contributed by atoms with E-state index in [2.05, 4.69) is 11.4 Å². The van der Waals surface area contributed by atoms with Crippen molar-refractivity contribution in [2.75, 3.05) is 11.9 Å². The number of amides is 1. The van der Waals surface area contributed by atoms with Crippen molar-refractivity contribution in [2.45, 2.75) is 37.3 Å². The van der Waals surface area contributed by atoms with Crippen LogP contribution in [-0.2, 0) is 16.0 Å². The number of ether oxygens (including phenoxy) is 1. The number of thioether (sulfide) groups is 1. The van der Waals surface area contributed by atoms with E-state index in [1.54, 1.807) is 18.7 Å². The number of aryl methyl sites for hydroxylation is 1. The van der Waals surface area contributed by atoms with Crippen LogP contribution in [0.1, 0.15) is 33.3 Å². The Morgan fingerprint density at radius 1 is 1.29 bits per heavy atom. The fraction of sp³-hybridized carbons (Fsp3) is 0.333. The summed E-state index contributed by atoms with van der Waals surface area (Å²) in [6.07, 6.45) is 0.713. The maximum atomic E-state index is 12.7. The van der Waals surface area contributed by atoms with Gasteiger partial charge < -0.3 is 10.1 Å². The first kappa shape index (κ1) is 17.0. The number of hydrogen-bond acceptors (Lipinski definition) is 5. The van der Waals surface area contributed by atoms with Gasteiger partial charge >= 0.3 is 5.97 Å². The van der Waals surface area contributed by atoms with Crippen molar-refractivity contribution in [1.82, 2.24) is 0 Å². The zero-order valence-electron chi connectivity index (χ0n) is 13.8. The highest BCUT2D eigenvalue weighted by atomic mass is 32.2. The molecule has 1 aliphatic rings. The quantitative estimate of drug-likeness (QED) is 0.830. The Balaban J connectivity index is 1.78. The summed E-state index contributed by atoms with van der Waals surface area (Å²) in [6.45, 7) is 5.91. The molecule has 0 saturated heterocycles. The fourth-order valence-corrected chi connectivity index (χ4v) is 4.93. The largest absolute Gasteiger partial charge is 0.462 e. The molecule has 1 aromatic carbocycles. The smallest absolute Gasteiger partial charge is 0.341 e. The van der Waals surface area contributed by atoms with Gasteiger partial charge in [0.05, 0.1) is 17.4 Å². The van der Waals surface area contributed by atoms with E-state index in [4.69, 9.17) is 4.74 Å². The molecule has 1 amide bonds. The molecule has 4 nitrogen and oxygen atoms in total. The second kappa shape index (κ2) is 6.99. The molecule has 3 rings (SSSR count). The van der Waals surface area contributed by atoms with Crippen molar-refractivity contribution >= 4 is 40.0 Å². The molecule has 0 spiro atoms. The lowest BCUT2D eigenvalue weighted by Gasteiger charge is -2.10. The molecular formula is C18H19NO3S2. The van der Waals surface area contributed by atoms with Crippen LogP contribution >= 0.6 is 23.1 Å². The van der Waals surface area contributed by atoms with Crippen LogP contribution < -0.4 is 5.32 Å². The van der Waals surface area contributed by atoms with Gasteiger partial charge in [0.1, 0.15) is 5.00 Å². The Kier molecular flexibility index (Phi) is 4.96. The average molecular weight is 361 g/mol. The molecule has 0 fully saturated rings. The number of anilines is 1. The van der Waals surface area contributed by atoms with E-state index in [0.29, 0.717) is 23.6 Å². The summed E-state index contributed by atoms with van der Waals surface area (Å²) >= 11 is 3.00. The van der Waals surface area contributed by atoms with Gasteiger partial charge in [-0.3, -0.25) is 4.79 Å². The SMILES string of the molecule is CCOC(=O)c1c(NC(=O)[C@@H]2Cc3ccccc3S2)sc(C)c1C. The number of benzene rings is 1. The monoisotopic (exact) mass is 361 g/mol. The number of rotatable bonds is 4. The van der Waals surface area contributed by atoms with Crippen LogP contribution in [0.5, 0.6) is 0 Å². The van der Waals surface area contributed by atoms with E-state index in [1.807, 2.05) is 32.0 Å². The molecule has 0 bridgehead atoms. The summed E-state index contributed by atoms with van der Waals surface area (Å²) < 4.78 is 5.13. The molecule has 1 atom stereocenters. The molecule has 2 heterocycles. The summed E-state index contributed by atoms with van der Waals surface area (Å²) in [6, 6.07) is 8.07. The van der Waals surface area contributed by atoms with Crippen LogP contribution in [0.2, 0.25) is 0 Å². The van der Waals surface area contributed by atoms with Crippen molar-refractivity contribution in [3.8, 4) is 0 Å². The third-order valence-electron chi connectivity index (χ3n) is 4.04. The molecule has 2 aromatic rings. The van der Waals surface area contributed by atoms with Crippen molar-refractivity contribution < 1.29 is 14.3 Å². The minimum absolute atomic E-state index is 0.0667. The molecule has 126 valence electrons. The van der Waals surface area contributed by atoms with Gasteiger partial charge in [-0.15, -0.1) is 23.1 Å². The van der Waals surface area contributed by atoms with Gasteiger partial charge in [0.15, 0.2) is 0 Å². The maximum Gasteiger partial charge on any atom is 0.341 e. The highest BCUT2D eigenvalue weighted by Gasteiger charge is 2.30. The highest BCUT2D eigenvalue weighted by molar-refractivity contribution is 8.01. The van der Waals surface area contributed by atoms with Gasteiger partial charge in [-0.25, -0.2) is 4.79 Å². The van der Waals surface area contributed by atoms with E-state index in [0.717, 1.165) is 15.3 Å². The Hall–Kier alpha value is -1.79. The minimum Gasteiger partial charge on any atom is -0.462 e. The number of carbonyl (C=O) groups excluding carboxylic acids is 2. The van der Waals surface area contributed by atoms with Gasteiger partial charge in [0.25, 0.3) is 0 Å². The first-order chi connectivity index (χ1) is 11.5. The van der Waals surface area contributed by atoms with Crippen molar-refractivity contribution in [3.05, 3.63) is 45.8 Å². The number of carbonyl (C=O) groups is 2. The zero-order valence-corrected chi connectivity index (χ0v) is 15.5. The van der Waals surface area contributed by atoms with E-state index in [9.17, 15) is 9.59 Å². The molecule has 0 saturated carbocycles. The summed E-state index contributed by atoms with van der Waals surface area (Å²) in [5.74, 6) is -0.444. The standard InChI is InChI=1S/C18H19NO3S2/c1-4-22-18(21)15-10(2)11(3)23-17(15)19-16(20)14-9-12-7-5-6-8-13(12)24-14/h5-8,14H,4,9H2,1-3H3,(H,19,20)/t14-/m0/s1. The first-order valence-electron chi connectivity index (χ1n) is 7.83. The highest BCUT2D eigenvalue weighted by Crippen LogP contribution is 2.38. The number of nitrogens with one attached hydrogen (secondary N) is 1. The van der Waals surface area contributed by atoms with Crippen LogP contribution in [0.15, 0.2) is 29.2 Å². The molecule has 0 radical (unpaired) electrons. The summed E-state index contributed by atoms with van der Waals surface area (Å²) in [5.41, 5.74) is 2.55. The molecule has 1 N–H and O–H groups in total. The molecule has 24 heavy (non-hydrogen) atoms. The predicted octanol–water partition coefficient (Wildman–Crippen LogP) is 4.20. The van der Waals surface area contributed by atoms with Gasteiger partial charge in [0, 0.05) is 9.77 Å². The Morgan fingerprint density at radius 2 is 2.04 bits per heavy atom. The van der Waals surface area contributed by atoms with E-state index < -0.39 is 0 Å². The number of thiophene rings is 1. The molecular weight excluding hydrogens is 342 g/mol. The minimum atomic E-state index is -0.378. The fourth-order valence-electron chi connectivity index (χ4n) is 2.68. The van der Waals surface area contributed by atoms with E-state index in [-0.39, 0.29) is 17.1 Å². The van der Waals surface area contributed by atoms with Gasteiger partial charge in [0.2, 0.25) is 5.91 Å². The zero-order chi connectivity index (χ0) is 17.3. The number of fused-ring (bicyclic) bond motifs is 1. The summed E-state index contributed by atoms with van der Waals surface area (Å²) in [7, 11) is 0. The molecule has 0 aliphatic carbocycles. The third kappa shape index (κ3) is 3.21. The van der Waals surface area contributed by atoms with Gasteiger partial charge in [-0.05, 0) is 44.4 Å². The van der Waals surface area contributed by atoms with Crippen LogP contribution in [-0.4, -0.2) is 23.7 Å². The van der Waals surface area contributed by atoms with Crippen LogP contribution in [0, 0.1) is 13.8 Å². The van der Waals surface area contributed by atoms with E-state index in [1.165, 1.54) is 16.9 Å². The molecule has 6 heteroatoms. The lowest BCUT2D eigenvalue weighted by molar-refractivity contribution is -0.115. The van der Waals surface area contributed by atoms with Crippen LogP contribution in [0.4, 0.5) is 5.00 Å². The first-order valence-corrected chi connectivity index (χ1v) is 9.53. The van der Waals surface area contributed by atoms with Crippen LogP contribution in [0.3, 0.4) is 0 Å². The van der Waals surface area contributed by atoms with Crippen molar-refractivity contribution in [1.29, 1.82) is 0 Å². The lowest BCUT2D eigenvalue weighted by atomic mass is 10.1. The summed E-state index contributed by atoms with van der Waals surface area (Å²) in [5, 5.41) is 3.37. The third-order valence-corrected chi connectivity index (χ3v) is 6.48. The lowest BCUT2D eigenvalue weighted by Crippen LogP contribution is -2.25. The van der Waals surface area contributed by atoms with Gasteiger partial charge in [-0.2, -0.15) is 0 Å². The normalized spacial score (nSPS) is 15.9. The van der Waals surface area contributed by atoms with Gasteiger partial charge in [-0.1, -0.05) is 18.2 Å². The van der Waals surface area contributed by atoms with Crippen molar-refractivity contribution in [3.63, 3.8) is 0 Å². The topological polar surface area (TPSA) is 55.4 Å². The Morgan fingerprint density at radius 3 is 2.75 bits per heavy atom. The summed E-state index contributed by atoms with van der Waals surface area (Å²) in [4.78, 5) is 27.0. The predicted molar refractivity (Wildman–Crippen MR) is 98.2 cm³/mol. The Labute approximate surface area is 149 Å². The van der Waals surface area contributed by atoms with Crippen molar-refractivity contribution in [2.24, 2.45) is 0 Å².